The molecule has 0 radical (unpaired) electrons. The Morgan fingerprint density at radius 1 is 1.14 bits per heavy atom. The summed E-state index contributed by atoms with van der Waals surface area (Å²) in [6.07, 6.45) is 9.04. The van der Waals surface area contributed by atoms with Crippen molar-refractivity contribution in [2.75, 3.05) is 21.7 Å². The van der Waals surface area contributed by atoms with E-state index in [1.165, 1.54) is 6.07 Å². The molecule has 2 heterocycles. The van der Waals surface area contributed by atoms with Crippen LogP contribution >= 0.6 is 0 Å². The van der Waals surface area contributed by atoms with Gasteiger partial charge in [-0.05, 0) is 57.6 Å². The van der Waals surface area contributed by atoms with Gasteiger partial charge in [-0.2, -0.15) is 4.98 Å². The Balaban J connectivity index is 1.50. The average Bonchev–Trinajstić information content (AvgIpc) is 3.37. The number of benzene rings is 1. The van der Waals surface area contributed by atoms with Crippen molar-refractivity contribution >= 4 is 23.5 Å². The largest absolute Gasteiger partial charge is 0.491 e. The van der Waals surface area contributed by atoms with E-state index in [1.54, 1.807) is 18.0 Å². The summed E-state index contributed by atoms with van der Waals surface area (Å²) in [6.45, 7) is 1.92. The summed E-state index contributed by atoms with van der Waals surface area (Å²) >= 11 is 0. The molecule has 0 saturated heterocycles. The van der Waals surface area contributed by atoms with Gasteiger partial charge in [-0.1, -0.05) is 12.8 Å². The molecule has 3 N–H and O–H groups in total. The van der Waals surface area contributed by atoms with Gasteiger partial charge < -0.3 is 15.8 Å². The van der Waals surface area contributed by atoms with Gasteiger partial charge in [0.25, 0.3) is 0 Å². The highest BCUT2D eigenvalue weighted by Crippen LogP contribution is 2.39. The van der Waals surface area contributed by atoms with Crippen LogP contribution in [0.4, 0.5) is 31.0 Å². The standard InChI is InChI=1S/C25H32F2N6O2/c1-2-35-20-12-11-19(26)22(21(20)27)32-14-15-13-29-24(30-17-9-7-16(28)8-10-17)31-23(15)33(25(32)34)18-5-3-4-6-18/h11-13,16-18H,2-10,14,28H2,1H3,(H,29,30,31). The lowest BCUT2D eigenvalue weighted by Gasteiger charge is -2.39. The van der Waals surface area contributed by atoms with Gasteiger partial charge >= 0.3 is 6.03 Å². The van der Waals surface area contributed by atoms with E-state index in [0.29, 0.717) is 17.3 Å². The zero-order valence-corrected chi connectivity index (χ0v) is 20.0. The summed E-state index contributed by atoms with van der Waals surface area (Å²) in [7, 11) is 0. The maximum Gasteiger partial charge on any atom is 0.330 e. The van der Waals surface area contributed by atoms with Crippen LogP contribution in [0.1, 0.15) is 63.9 Å². The molecule has 2 aromatic rings. The molecule has 8 nitrogen and oxygen atoms in total. The van der Waals surface area contributed by atoms with E-state index < -0.39 is 23.4 Å². The number of rotatable bonds is 6. The minimum atomic E-state index is -0.885. The molecule has 188 valence electrons. The molecule has 5 rings (SSSR count). The van der Waals surface area contributed by atoms with Gasteiger partial charge in [0.1, 0.15) is 17.3 Å². The second-order valence-corrected chi connectivity index (χ2v) is 9.62. The third kappa shape index (κ3) is 4.63. The van der Waals surface area contributed by atoms with Gasteiger partial charge in [-0.15, -0.1) is 0 Å². The molecule has 0 bridgehead atoms. The molecule has 2 fully saturated rings. The van der Waals surface area contributed by atoms with Crippen molar-refractivity contribution in [3.63, 3.8) is 0 Å². The van der Waals surface area contributed by atoms with Crippen molar-refractivity contribution in [1.82, 2.24) is 9.97 Å². The molecule has 3 aliphatic rings. The number of hydrogen-bond donors (Lipinski definition) is 2. The second kappa shape index (κ2) is 9.93. The molecule has 0 spiro atoms. The smallest absolute Gasteiger partial charge is 0.330 e. The van der Waals surface area contributed by atoms with Crippen molar-refractivity contribution in [3.05, 3.63) is 35.5 Å². The van der Waals surface area contributed by atoms with Crippen LogP contribution in [0.3, 0.4) is 0 Å². The Morgan fingerprint density at radius 3 is 2.60 bits per heavy atom. The molecule has 0 atom stereocenters. The number of nitrogens with two attached hydrogens (primary N) is 1. The number of carbonyl (C=O) groups excluding carboxylic acids is 1. The van der Waals surface area contributed by atoms with Crippen molar-refractivity contribution in [2.24, 2.45) is 5.73 Å². The first-order chi connectivity index (χ1) is 17.0. The maximum absolute atomic E-state index is 15.3. The predicted molar refractivity (Wildman–Crippen MR) is 130 cm³/mol. The van der Waals surface area contributed by atoms with Crippen molar-refractivity contribution in [3.8, 4) is 5.75 Å². The van der Waals surface area contributed by atoms with Crippen LogP contribution in [0, 0.1) is 11.6 Å². The van der Waals surface area contributed by atoms with Gasteiger partial charge in [0, 0.05) is 29.9 Å². The number of carbonyl (C=O) groups is 1. The molecule has 2 saturated carbocycles. The van der Waals surface area contributed by atoms with E-state index in [1.807, 2.05) is 0 Å². The summed E-state index contributed by atoms with van der Waals surface area (Å²) in [5.74, 6) is -0.805. The highest BCUT2D eigenvalue weighted by molar-refractivity contribution is 6.06. The fraction of sp³-hybridized carbons (Fsp3) is 0.560. The number of ether oxygens (including phenoxy) is 1. The lowest BCUT2D eigenvalue weighted by atomic mass is 9.92. The monoisotopic (exact) mass is 486 g/mol. The lowest BCUT2D eigenvalue weighted by Crippen LogP contribution is -2.52. The van der Waals surface area contributed by atoms with E-state index in [9.17, 15) is 9.18 Å². The van der Waals surface area contributed by atoms with Crippen LogP contribution in [0.2, 0.25) is 0 Å². The number of aromatic nitrogens is 2. The first-order valence-electron chi connectivity index (χ1n) is 12.6. The molecule has 1 aromatic heterocycles. The number of urea groups is 1. The third-order valence-electron chi connectivity index (χ3n) is 7.23. The van der Waals surface area contributed by atoms with Gasteiger partial charge in [0.05, 0.1) is 13.2 Å². The Labute approximate surface area is 203 Å². The minimum absolute atomic E-state index is 0.0284. The summed E-state index contributed by atoms with van der Waals surface area (Å²) < 4.78 is 35.5. The maximum atomic E-state index is 15.3. The van der Waals surface area contributed by atoms with E-state index in [0.717, 1.165) is 62.3 Å². The summed E-state index contributed by atoms with van der Waals surface area (Å²) in [5, 5.41) is 3.39. The van der Waals surface area contributed by atoms with Crippen molar-refractivity contribution < 1.29 is 18.3 Å². The van der Waals surface area contributed by atoms with Crippen LogP contribution < -0.4 is 25.6 Å². The Hall–Kier alpha value is -3.01. The quantitative estimate of drug-likeness (QED) is 0.613. The summed E-state index contributed by atoms with van der Waals surface area (Å²) in [4.78, 5) is 25.7. The highest BCUT2D eigenvalue weighted by atomic mass is 19.1. The van der Waals surface area contributed by atoms with Gasteiger partial charge in [-0.25, -0.2) is 18.6 Å². The molecule has 0 unspecified atom stereocenters. The Kier molecular flexibility index (Phi) is 6.73. The molecular weight excluding hydrogens is 454 g/mol. The molecule has 2 aliphatic carbocycles. The molecular formula is C25H32F2N6O2. The van der Waals surface area contributed by atoms with Crippen molar-refractivity contribution in [1.29, 1.82) is 0 Å². The van der Waals surface area contributed by atoms with Crippen molar-refractivity contribution in [2.45, 2.75) is 83.0 Å². The molecule has 2 amide bonds. The van der Waals surface area contributed by atoms with Crippen LogP contribution in [0.25, 0.3) is 0 Å². The summed E-state index contributed by atoms with van der Waals surface area (Å²) in [5.41, 5.74) is 6.26. The highest BCUT2D eigenvalue weighted by Gasteiger charge is 2.40. The Morgan fingerprint density at radius 2 is 1.89 bits per heavy atom. The van der Waals surface area contributed by atoms with Crippen LogP contribution in [0.5, 0.6) is 5.75 Å². The SMILES string of the molecule is CCOc1ccc(F)c(N2Cc3cnc(NC4CCC(N)CC4)nc3N(C3CCCC3)C2=O)c1F. The van der Waals surface area contributed by atoms with Gasteiger partial charge in [0.2, 0.25) is 5.95 Å². The number of fused-ring (bicyclic) bond motifs is 1. The number of nitrogens with zero attached hydrogens (tertiary/aromatic N) is 4. The zero-order chi connectivity index (χ0) is 24.5. The first kappa shape index (κ1) is 23.7. The summed E-state index contributed by atoms with van der Waals surface area (Å²) in [6, 6.07) is 2.28. The Bertz CT molecular complexity index is 1090. The van der Waals surface area contributed by atoms with E-state index >= 15 is 4.39 Å². The number of anilines is 3. The zero-order valence-electron chi connectivity index (χ0n) is 20.0. The number of amides is 2. The molecule has 10 heteroatoms. The van der Waals surface area contributed by atoms with Gasteiger partial charge in [-0.3, -0.25) is 9.80 Å². The normalized spacial score (nSPS) is 22.9. The van der Waals surface area contributed by atoms with E-state index in [4.69, 9.17) is 15.5 Å². The fourth-order valence-corrected chi connectivity index (χ4v) is 5.40. The first-order valence-corrected chi connectivity index (χ1v) is 12.6. The number of halogens is 2. The van der Waals surface area contributed by atoms with Crippen LogP contribution in [-0.4, -0.2) is 40.7 Å². The van der Waals surface area contributed by atoms with Crippen LogP contribution in [0.15, 0.2) is 18.3 Å². The number of nitrogens with one attached hydrogen (secondary N) is 1. The van der Waals surface area contributed by atoms with Crippen LogP contribution in [-0.2, 0) is 6.54 Å². The van der Waals surface area contributed by atoms with E-state index in [-0.39, 0.29) is 37.0 Å². The minimum Gasteiger partial charge on any atom is -0.491 e. The molecule has 35 heavy (non-hydrogen) atoms. The fourth-order valence-electron chi connectivity index (χ4n) is 5.40. The second-order valence-electron chi connectivity index (χ2n) is 9.62. The average molecular weight is 487 g/mol. The number of hydrogen-bond acceptors (Lipinski definition) is 6. The molecule has 1 aliphatic heterocycles. The van der Waals surface area contributed by atoms with Gasteiger partial charge in [0.15, 0.2) is 11.6 Å². The molecule has 1 aromatic carbocycles. The topological polar surface area (TPSA) is 96.6 Å². The lowest BCUT2D eigenvalue weighted by molar-refractivity contribution is 0.246. The predicted octanol–water partition coefficient (Wildman–Crippen LogP) is 4.72. The van der Waals surface area contributed by atoms with E-state index in [2.05, 4.69) is 10.3 Å². The third-order valence-corrected chi connectivity index (χ3v) is 7.23.